The monoisotopic (exact) mass is 453 g/mol. The zero-order valence-electron chi connectivity index (χ0n) is 16.8. The molecule has 0 aliphatic carbocycles. The van der Waals surface area contributed by atoms with Crippen LogP contribution in [-0.2, 0) is 23.1 Å². The lowest BCUT2D eigenvalue weighted by atomic mass is 10.2. The van der Waals surface area contributed by atoms with Crippen LogP contribution in [0.1, 0.15) is 16.7 Å². The van der Waals surface area contributed by atoms with Gasteiger partial charge in [0.15, 0.2) is 0 Å². The van der Waals surface area contributed by atoms with Gasteiger partial charge in [-0.05, 0) is 64.4 Å². The maximum atomic E-state index is 13.6. The van der Waals surface area contributed by atoms with Crippen molar-refractivity contribution >= 4 is 21.6 Å². The number of halogens is 1. The van der Waals surface area contributed by atoms with E-state index in [2.05, 4.69) is 15.5 Å². The first-order valence-corrected chi connectivity index (χ1v) is 11.4. The summed E-state index contributed by atoms with van der Waals surface area (Å²) in [6.07, 6.45) is 1.47. The van der Waals surface area contributed by atoms with Crippen molar-refractivity contribution in [3.8, 4) is 5.69 Å². The molecule has 0 bridgehead atoms. The predicted molar refractivity (Wildman–Crippen MR) is 118 cm³/mol. The molecule has 0 fully saturated rings. The van der Waals surface area contributed by atoms with Gasteiger partial charge in [-0.25, -0.2) is 13.1 Å². The van der Waals surface area contributed by atoms with Crippen molar-refractivity contribution in [1.29, 1.82) is 0 Å². The minimum absolute atomic E-state index is 0.215. The van der Waals surface area contributed by atoms with Crippen LogP contribution >= 0.6 is 11.6 Å². The summed E-state index contributed by atoms with van der Waals surface area (Å²) >= 11 is 5.99. The summed E-state index contributed by atoms with van der Waals surface area (Å²) in [5, 5.41) is 11.8. The van der Waals surface area contributed by atoms with Crippen LogP contribution in [0.15, 0.2) is 84.0 Å². The summed E-state index contributed by atoms with van der Waals surface area (Å²) in [5.74, 6) is 0. The highest BCUT2D eigenvalue weighted by Gasteiger charge is 2.26. The van der Waals surface area contributed by atoms with E-state index in [0.29, 0.717) is 5.02 Å². The van der Waals surface area contributed by atoms with Gasteiger partial charge in [0, 0.05) is 18.1 Å². The summed E-state index contributed by atoms with van der Waals surface area (Å²) in [7, 11) is -3.78. The lowest BCUT2D eigenvalue weighted by Gasteiger charge is -2.23. The Morgan fingerprint density at radius 1 is 0.935 bits per heavy atom. The molecule has 3 aromatic carbocycles. The number of hydrogen-bond acceptors (Lipinski definition) is 5. The Hall–Kier alpha value is -3.07. The number of hydrogen-bond donors (Lipinski definition) is 0. The van der Waals surface area contributed by atoms with E-state index in [4.69, 9.17) is 11.6 Å². The summed E-state index contributed by atoms with van der Waals surface area (Å²) in [4.78, 5) is 0.215. The van der Waals surface area contributed by atoms with Crippen LogP contribution in [0.4, 0.5) is 0 Å². The third-order valence-corrected chi connectivity index (χ3v) is 6.92. The van der Waals surface area contributed by atoms with Gasteiger partial charge in [0.1, 0.15) is 6.33 Å². The van der Waals surface area contributed by atoms with Crippen LogP contribution in [0.5, 0.6) is 0 Å². The number of nitrogens with zero attached hydrogens (tertiary/aromatic N) is 5. The van der Waals surface area contributed by atoms with Crippen LogP contribution in [0.2, 0.25) is 5.02 Å². The van der Waals surface area contributed by atoms with E-state index < -0.39 is 10.0 Å². The van der Waals surface area contributed by atoms with Crippen molar-refractivity contribution in [2.45, 2.75) is 24.9 Å². The van der Waals surface area contributed by atoms with Crippen molar-refractivity contribution in [2.24, 2.45) is 0 Å². The van der Waals surface area contributed by atoms with Crippen LogP contribution in [0.25, 0.3) is 5.69 Å². The molecule has 31 heavy (non-hydrogen) atoms. The zero-order valence-corrected chi connectivity index (χ0v) is 18.3. The van der Waals surface area contributed by atoms with Crippen molar-refractivity contribution in [2.75, 3.05) is 0 Å². The second-order valence-electron chi connectivity index (χ2n) is 7.09. The third kappa shape index (κ3) is 4.82. The molecule has 4 aromatic rings. The van der Waals surface area contributed by atoms with E-state index in [-0.39, 0.29) is 18.0 Å². The molecule has 0 atom stereocenters. The van der Waals surface area contributed by atoms with E-state index in [9.17, 15) is 8.42 Å². The van der Waals surface area contributed by atoms with Gasteiger partial charge in [0.25, 0.3) is 0 Å². The van der Waals surface area contributed by atoms with Crippen LogP contribution in [0.3, 0.4) is 0 Å². The van der Waals surface area contributed by atoms with Gasteiger partial charge < -0.3 is 0 Å². The fraction of sp³-hybridized carbons (Fsp3) is 0.136. The molecule has 9 heteroatoms. The van der Waals surface area contributed by atoms with Gasteiger partial charge in [-0.2, -0.15) is 4.31 Å². The summed E-state index contributed by atoms with van der Waals surface area (Å²) in [6, 6.07) is 21.7. The van der Waals surface area contributed by atoms with Gasteiger partial charge in [-0.3, -0.25) is 0 Å². The highest BCUT2D eigenvalue weighted by Crippen LogP contribution is 2.25. The van der Waals surface area contributed by atoms with Crippen LogP contribution < -0.4 is 0 Å². The summed E-state index contributed by atoms with van der Waals surface area (Å²) in [6.45, 7) is 2.30. The van der Waals surface area contributed by atoms with E-state index in [1.807, 2.05) is 49.4 Å². The quantitative estimate of drug-likeness (QED) is 0.422. The molecule has 0 N–H and O–H groups in total. The number of sulfonamides is 1. The normalized spacial score (nSPS) is 11.7. The van der Waals surface area contributed by atoms with E-state index in [0.717, 1.165) is 22.4 Å². The first-order chi connectivity index (χ1) is 14.9. The first-order valence-electron chi connectivity index (χ1n) is 9.56. The molecule has 0 saturated heterocycles. The average Bonchev–Trinajstić information content (AvgIpc) is 3.30. The standard InChI is InChI=1S/C22H20ClN5O2S/c1-17-13-21(11-12-22(17)28-16-24-25-26-28)31(29,30)27(14-18-5-3-2-4-6-18)15-19-7-9-20(23)10-8-19/h2-13,16H,14-15H2,1H3. The summed E-state index contributed by atoms with van der Waals surface area (Å²) in [5.41, 5.74) is 3.23. The minimum atomic E-state index is -3.78. The molecule has 0 aliphatic heterocycles. The minimum Gasteiger partial charge on any atom is -0.207 e. The van der Waals surface area contributed by atoms with Gasteiger partial charge in [0.05, 0.1) is 10.6 Å². The van der Waals surface area contributed by atoms with Crippen LogP contribution in [0, 0.1) is 6.92 Å². The molecule has 0 radical (unpaired) electrons. The molecule has 0 aliphatic rings. The smallest absolute Gasteiger partial charge is 0.207 e. The lowest BCUT2D eigenvalue weighted by Crippen LogP contribution is -2.30. The maximum Gasteiger partial charge on any atom is 0.243 e. The molecular formula is C22H20ClN5O2S. The van der Waals surface area contributed by atoms with E-state index >= 15 is 0 Å². The fourth-order valence-electron chi connectivity index (χ4n) is 3.27. The molecule has 1 aromatic heterocycles. The SMILES string of the molecule is Cc1cc(S(=O)(=O)N(Cc2ccccc2)Cc2ccc(Cl)cc2)ccc1-n1cnnn1. The van der Waals surface area contributed by atoms with E-state index in [1.165, 1.54) is 15.3 Å². The molecule has 0 saturated carbocycles. The average molecular weight is 454 g/mol. The van der Waals surface area contributed by atoms with Gasteiger partial charge in [0.2, 0.25) is 10.0 Å². The molecule has 1 heterocycles. The van der Waals surface area contributed by atoms with E-state index in [1.54, 1.807) is 30.3 Å². The number of aryl methyl sites for hydroxylation is 1. The highest BCUT2D eigenvalue weighted by atomic mass is 35.5. The zero-order chi connectivity index (χ0) is 21.8. The Balaban J connectivity index is 1.70. The van der Waals surface area contributed by atoms with Gasteiger partial charge in [-0.1, -0.05) is 54.1 Å². The van der Waals surface area contributed by atoms with Crippen molar-refractivity contribution < 1.29 is 8.42 Å². The van der Waals surface area contributed by atoms with Gasteiger partial charge in [-0.15, -0.1) is 5.10 Å². The second-order valence-corrected chi connectivity index (χ2v) is 9.46. The van der Waals surface area contributed by atoms with Crippen molar-refractivity contribution in [1.82, 2.24) is 24.5 Å². The predicted octanol–water partition coefficient (Wildman–Crippen LogP) is 4.02. The molecule has 0 spiro atoms. The maximum absolute atomic E-state index is 13.6. The molecule has 0 amide bonds. The second kappa shape index (κ2) is 8.97. The first kappa shape index (κ1) is 21.2. The fourth-order valence-corrected chi connectivity index (χ4v) is 4.90. The number of tetrazole rings is 1. The number of aromatic nitrogens is 4. The molecule has 158 valence electrons. The third-order valence-electron chi connectivity index (χ3n) is 4.88. The molecule has 7 nitrogen and oxygen atoms in total. The van der Waals surface area contributed by atoms with Crippen molar-refractivity contribution in [3.05, 3.63) is 101 Å². The Bertz CT molecular complexity index is 1260. The lowest BCUT2D eigenvalue weighted by molar-refractivity contribution is 0.401. The Morgan fingerprint density at radius 2 is 1.61 bits per heavy atom. The Kier molecular flexibility index (Phi) is 6.13. The van der Waals surface area contributed by atoms with Crippen LogP contribution in [-0.4, -0.2) is 32.9 Å². The van der Waals surface area contributed by atoms with Gasteiger partial charge >= 0.3 is 0 Å². The summed E-state index contributed by atoms with van der Waals surface area (Å²) < 4.78 is 30.2. The topological polar surface area (TPSA) is 81.0 Å². The Morgan fingerprint density at radius 3 is 2.23 bits per heavy atom. The molecule has 4 rings (SSSR count). The number of rotatable bonds is 7. The largest absolute Gasteiger partial charge is 0.243 e. The highest BCUT2D eigenvalue weighted by molar-refractivity contribution is 7.89. The Labute approximate surface area is 186 Å². The number of benzene rings is 3. The van der Waals surface area contributed by atoms with Crippen molar-refractivity contribution in [3.63, 3.8) is 0 Å². The molecule has 0 unspecified atom stereocenters. The molecular weight excluding hydrogens is 434 g/mol.